The van der Waals surface area contributed by atoms with E-state index in [0.29, 0.717) is 12.5 Å². The second-order valence-corrected chi connectivity index (χ2v) is 9.61. The van der Waals surface area contributed by atoms with Gasteiger partial charge in [-0.25, -0.2) is 0 Å². The van der Waals surface area contributed by atoms with Crippen LogP contribution in [0, 0.1) is 0 Å². The average molecular weight is 455 g/mol. The second-order valence-electron chi connectivity index (χ2n) is 9.61. The molecule has 1 heterocycles. The van der Waals surface area contributed by atoms with Crippen molar-refractivity contribution < 1.29 is 9.90 Å². The summed E-state index contributed by atoms with van der Waals surface area (Å²) in [5, 5.41) is 23.5. The van der Waals surface area contributed by atoms with Gasteiger partial charge in [-0.3, -0.25) is 4.79 Å². The van der Waals surface area contributed by atoms with Gasteiger partial charge in [-0.05, 0) is 77.7 Å². The van der Waals surface area contributed by atoms with Gasteiger partial charge in [-0.15, -0.1) is 0 Å². The molecule has 6 heteroatoms. The van der Waals surface area contributed by atoms with Crippen LogP contribution in [0.3, 0.4) is 0 Å². The number of nitrogens with one attached hydrogen (secondary N) is 4. The molecule has 1 amide bonds. The summed E-state index contributed by atoms with van der Waals surface area (Å²) >= 11 is 0. The van der Waals surface area contributed by atoms with Crippen molar-refractivity contribution in [1.82, 2.24) is 21.3 Å². The van der Waals surface area contributed by atoms with Crippen LogP contribution in [0.15, 0.2) is 0 Å². The van der Waals surface area contributed by atoms with Crippen LogP contribution >= 0.6 is 0 Å². The molecule has 0 spiro atoms. The predicted octanol–water partition coefficient (Wildman–Crippen LogP) is 3.88. The molecule has 0 radical (unpaired) electrons. The number of aliphatic hydroxyl groups is 1. The van der Waals surface area contributed by atoms with Crippen LogP contribution in [-0.4, -0.2) is 62.4 Å². The Bertz CT molecular complexity index is 423. The van der Waals surface area contributed by atoms with E-state index in [-0.39, 0.29) is 12.0 Å². The van der Waals surface area contributed by atoms with Crippen molar-refractivity contribution in [3.63, 3.8) is 0 Å². The Kier molecular flexibility index (Phi) is 20.3. The van der Waals surface area contributed by atoms with E-state index < -0.39 is 0 Å². The highest BCUT2D eigenvalue weighted by molar-refractivity contribution is 5.76. The zero-order chi connectivity index (χ0) is 23.1. The summed E-state index contributed by atoms with van der Waals surface area (Å²) in [6.07, 6.45) is 17.9. The van der Waals surface area contributed by atoms with Gasteiger partial charge in [0, 0.05) is 19.0 Å². The van der Waals surface area contributed by atoms with Gasteiger partial charge in [-0.2, -0.15) is 0 Å². The first-order valence-corrected chi connectivity index (χ1v) is 13.8. The first kappa shape index (κ1) is 29.3. The van der Waals surface area contributed by atoms with Crippen LogP contribution in [0.4, 0.5) is 0 Å². The standard InChI is InChI=1S/C26H54N4O2/c1-2-14-25(31)16-9-7-5-3-4-6-8-15-24-23-26(32)30-22-13-20-28-18-11-10-17-27-19-12-21-29-24/h24-25,27-29,31H,2-23H2,1H3,(H,30,32)/t24-,25+/m1/s1. The molecular weight excluding hydrogens is 400 g/mol. The van der Waals surface area contributed by atoms with Gasteiger partial charge in [0.15, 0.2) is 0 Å². The molecule has 2 atom stereocenters. The van der Waals surface area contributed by atoms with Gasteiger partial charge in [0.05, 0.1) is 6.10 Å². The molecule has 0 aromatic rings. The molecule has 6 nitrogen and oxygen atoms in total. The van der Waals surface area contributed by atoms with E-state index in [1.807, 2.05) is 0 Å². The van der Waals surface area contributed by atoms with E-state index >= 15 is 0 Å². The Morgan fingerprint density at radius 1 is 0.781 bits per heavy atom. The average Bonchev–Trinajstić information content (AvgIpc) is 2.77. The van der Waals surface area contributed by atoms with Gasteiger partial charge >= 0.3 is 0 Å². The minimum Gasteiger partial charge on any atom is -0.393 e. The Morgan fingerprint density at radius 3 is 2.06 bits per heavy atom. The van der Waals surface area contributed by atoms with E-state index in [4.69, 9.17) is 0 Å². The summed E-state index contributed by atoms with van der Waals surface area (Å²) in [5.74, 6) is 0.190. The Morgan fingerprint density at radius 2 is 1.38 bits per heavy atom. The highest BCUT2D eigenvalue weighted by Crippen LogP contribution is 2.13. The molecule has 0 aliphatic carbocycles. The highest BCUT2D eigenvalue weighted by Gasteiger charge is 2.13. The van der Waals surface area contributed by atoms with Crippen molar-refractivity contribution in [2.24, 2.45) is 0 Å². The Labute approximate surface area is 198 Å². The number of hydrogen-bond acceptors (Lipinski definition) is 5. The second kappa shape index (κ2) is 22.1. The lowest BCUT2D eigenvalue weighted by Crippen LogP contribution is -2.37. The van der Waals surface area contributed by atoms with Crippen LogP contribution < -0.4 is 21.3 Å². The quantitative estimate of drug-likeness (QED) is 0.289. The molecule has 0 unspecified atom stereocenters. The van der Waals surface area contributed by atoms with Crippen molar-refractivity contribution in [3.05, 3.63) is 0 Å². The molecule has 0 aromatic carbocycles. The van der Waals surface area contributed by atoms with Gasteiger partial charge in [0.2, 0.25) is 5.91 Å². The first-order chi connectivity index (χ1) is 15.7. The maximum atomic E-state index is 12.4. The first-order valence-electron chi connectivity index (χ1n) is 13.8. The topological polar surface area (TPSA) is 85.4 Å². The molecule has 1 rings (SSSR count). The van der Waals surface area contributed by atoms with Crippen molar-refractivity contribution in [2.45, 2.75) is 122 Å². The van der Waals surface area contributed by atoms with Gasteiger partial charge in [0.25, 0.3) is 0 Å². The van der Waals surface area contributed by atoms with Crippen LogP contribution in [0.25, 0.3) is 0 Å². The van der Waals surface area contributed by atoms with E-state index in [9.17, 15) is 9.90 Å². The maximum Gasteiger partial charge on any atom is 0.221 e. The third-order valence-corrected chi connectivity index (χ3v) is 6.42. The van der Waals surface area contributed by atoms with Gasteiger partial charge in [0.1, 0.15) is 0 Å². The molecule has 32 heavy (non-hydrogen) atoms. The highest BCUT2D eigenvalue weighted by atomic mass is 16.3. The van der Waals surface area contributed by atoms with Crippen molar-refractivity contribution >= 4 is 5.91 Å². The number of amides is 1. The van der Waals surface area contributed by atoms with Crippen molar-refractivity contribution in [2.75, 3.05) is 39.3 Å². The zero-order valence-corrected chi connectivity index (χ0v) is 21.1. The third kappa shape index (κ3) is 18.8. The largest absolute Gasteiger partial charge is 0.393 e. The van der Waals surface area contributed by atoms with Gasteiger partial charge < -0.3 is 26.4 Å². The number of carbonyl (C=O) groups excluding carboxylic acids is 1. The SMILES string of the molecule is CCC[C@H](O)CCCCCCCCC[C@@H]1CC(=O)NCCCNCCCCNCCCN1. The minimum absolute atomic E-state index is 0.0876. The summed E-state index contributed by atoms with van der Waals surface area (Å²) in [6.45, 7) is 8.09. The fourth-order valence-corrected chi connectivity index (χ4v) is 4.42. The molecule has 1 fully saturated rings. The molecule has 1 aliphatic rings. The summed E-state index contributed by atoms with van der Waals surface area (Å²) < 4.78 is 0. The number of unbranched alkanes of at least 4 members (excludes halogenated alkanes) is 6. The van der Waals surface area contributed by atoms with Crippen LogP contribution in [0.5, 0.6) is 0 Å². The lowest BCUT2D eigenvalue weighted by molar-refractivity contribution is -0.121. The zero-order valence-electron chi connectivity index (χ0n) is 21.1. The molecule has 190 valence electrons. The summed E-state index contributed by atoms with van der Waals surface area (Å²) in [5.41, 5.74) is 0. The normalized spacial score (nSPS) is 21.6. The van der Waals surface area contributed by atoms with E-state index in [1.54, 1.807) is 0 Å². The number of carbonyl (C=O) groups is 1. The Hall–Kier alpha value is -0.690. The fourth-order valence-electron chi connectivity index (χ4n) is 4.42. The number of rotatable bonds is 12. The van der Waals surface area contributed by atoms with Gasteiger partial charge in [-0.1, -0.05) is 58.3 Å². The number of hydrogen-bond donors (Lipinski definition) is 5. The molecular formula is C26H54N4O2. The number of aliphatic hydroxyl groups excluding tert-OH is 1. The van der Waals surface area contributed by atoms with Crippen LogP contribution in [-0.2, 0) is 4.79 Å². The van der Waals surface area contributed by atoms with E-state index in [0.717, 1.165) is 84.2 Å². The third-order valence-electron chi connectivity index (χ3n) is 6.42. The predicted molar refractivity (Wildman–Crippen MR) is 136 cm³/mol. The molecule has 0 aromatic heterocycles. The molecule has 1 aliphatic heterocycles. The smallest absolute Gasteiger partial charge is 0.221 e. The monoisotopic (exact) mass is 454 g/mol. The summed E-state index contributed by atoms with van der Waals surface area (Å²) in [7, 11) is 0. The minimum atomic E-state index is -0.0876. The van der Waals surface area contributed by atoms with Crippen LogP contribution in [0.2, 0.25) is 0 Å². The molecule has 0 saturated carbocycles. The van der Waals surface area contributed by atoms with Crippen LogP contribution in [0.1, 0.15) is 110 Å². The molecule has 5 N–H and O–H groups in total. The Balaban J connectivity index is 2.17. The van der Waals surface area contributed by atoms with Crippen molar-refractivity contribution in [3.8, 4) is 0 Å². The maximum absolute atomic E-state index is 12.4. The lowest BCUT2D eigenvalue weighted by atomic mass is 10.0. The summed E-state index contributed by atoms with van der Waals surface area (Å²) in [4.78, 5) is 12.4. The van der Waals surface area contributed by atoms with Crippen molar-refractivity contribution in [1.29, 1.82) is 0 Å². The molecule has 1 saturated heterocycles. The fraction of sp³-hybridized carbons (Fsp3) is 0.962. The lowest BCUT2D eigenvalue weighted by Gasteiger charge is -2.19. The molecule has 0 bridgehead atoms. The van der Waals surface area contributed by atoms with E-state index in [2.05, 4.69) is 28.2 Å². The van der Waals surface area contributed by atoms with E-state index in [1.165, 1.54) is 51.4 Å². The summed E-state index contributed by atoms with van der Waals surface area (Å²) in [6, 6.07) is 0.295.